The minimum absolute atomic E-state index is 0.133. The van der Waals surface area contributed by atoms with E-state index >= 15 is 0 Å². The molecule has 30 heavy (non-hydrogen) atoms. The fraction of sp³-hybridized carbons (Fsp3) is 0.130. The Bertz CT molecular complexity index is 1310. The molecular formula is C23H17ClN4O2. The summed E-state index contributed by atoms with van der Waals surface area (Å²) in [5, 5.41) is 0.999. The van der Waals surface area contributed by atoms with Gasteiger partial charge in [-0.3, -0.25) is 9.59 Å². The fourth-order valence-electron chi connectivity index (χ4n) is 3.75. The molecule has 0 radical (unpaired) electrons. The number of nitrogens with zero attached hydrogens (tertiary/aromatic N) is 4. The van der Waals surface area contributed by atoms with Crippen molar-refractivity contribution in [2.24, 2.45) is 0 Å². The van der Waals surface area contributed by atoms with E-state index in [9.17, 15) is 9.59 Å². The molecule has 1 saturated heterocycles. The van der Waals surface area contributed by atoms with Crippen molar-refractivity contribution in [3.63, 3.8) is 0 Å². The minimum atomic E-state index is -0.204. The van der Waals surface area contributed by atoms with Crippen molar-refractivity contribution in [3.8, 4) is 17.2 Å². The number of hydrogen-bond donors (Lipinski definition) is 0. The van der Waals surface area contributed by atoms with Gasteiger partial charge in [-0.25, -0.2) is 14.5 Å². The van der Waals surface area contributed by atoms with Crippen LogP contribution in [0, 0.1) is 0 Å². The van der Waals surface area contributed by atoms with Gasteiger partial charge in [-0.2, -0.15) is 0 Å². The maximum absolute atomic E-state index is 13.3. The van der Waals surface area contributed by atoms with Gasteiger partial charge < -0.3 is 4.90 Å². The van der Waals surface area contributed by atoms with E-state index in [1.807, 2.05) is 42.5 Å². The number of fused-ring (bicyclic) bond motifs is 1. The number of halogens is 1. The summed E-state index contributed by atoms with van der Waals surface area (Å²) in [6.45, 7) is 0.728. The zero-order valence-corrected chi connectivity index (χ0v) is 16.7. The maximum atomic E-state index is 13.3. The monoisotopic (exact) mass is 416 g/mol. The predicted octanol–water partition coefficient (Wildman–Crippen LogP) is 4.23. The number of carbonyl (C=O) groups is 1. The Labute approximate surface area is 177 Å². The van der Waals surface area contributed by atoms with Crippen LogP contribution in [-0.4, -0.2) is 27.0 Å². The number of rotatable bonds is 3. The van der Waals surface area contributed by atoms with Crippen LogP contribution in [0.3, 0.4) is 0 Å². The molecular weight excluding hydrogens is 400 g/mol. The Kier molecular flexibility index (Phi) is 4.56. The van der Waals surface area contributed by atoms with Crippen LogP contribution in [0.4, 0.5) is 5.69 Å². The minimum Gasteiger partial charge on any atom is -0.312 e. The largest absolute Gasteiger partial charge is 0.312 e. The molecule has 0 unspecified atom stereocenters. The van der Waals surface area contributed by atoms with Gasteiger partial charge in [0.2, 0.25) is 5.91 Å². The summed E-state index contributed by atoms with van der Waals surface area (Å²) < 4.78 is 1.49. The summed E-state index contributed by atoms with van der Waals surface area (Å²) in [7, 11) is 0. The van der Waals surface area contributed by atoms with Gasteiger partial charge in [-0.1, -0.05) is 23.7 Å². The van der Waals surface area contributed by atoms with Crippen molar-refractivity contribution >= 4 is 34.1 Å². The molecule has 0 atom stereocenters. The van der Waals surface area contributed by atoms with Crippen LogP contribution in [0.2, 0.25) is 5.02 Å². The molecule has 7 heteroatoms. The van der Waals surface area contributed by atoms with E-state index in [1.165, 1.54) is 10.8 Å². The predicted molar refractivity (Wildman–Crippen MR) is 117 cm³/mol. The van der Waals surface area contributed by atoms with E-state index in [0.717, 1.165) is 24.2 Å². The number of amides is 1. The van der Waals surface area contributed by atoms with Crippen molar-refractivity contribution < 1.29 is 4.79 Å². The van der Waals surface area contributed by atoms with Gasteiger partial charge >= 0.3 is 0 Å². The Morgan fingerprint density at radius 3 is 2.43 bits per heavy atom. The van der Waals surface area contributed by atoms with Crippen molar-refractivity contribution in [1.82, 2.24) is 14.5 Å². The normalized spacial score (nSPS) is 13.9. The lowest BCUT2D eigenvalue weighted by molar-refractivity contribution is -0.117. The number of hydrogen-bond acceptors (Lipinski definition) is 4. The second-order valence-corrected chi connectivity index (χ2v) is 7.56. The third-order valence-electron chi connectivity index (χ3n) is 5.23. The summed E-state index contributed by atoms with van der Waals surface area (Å²) in [5.41, 5.74) is 2.01. The maximum Gasteiger partial charge on any atom is 0.267 e. The molecule has 5 rings (SSSR count). The van der Waals surface area contributed by atoms with Crippen LogP contribution in [0.1, 0.15) is 12.8 Å². The summed E-state index contributed by atoms with van der Waals surface area (Å²) in [4.78, 5) is 36.2. The Hall–Kier alpha value is -3.51. The van der Waals surface area contributed by atoms with Crippen LogP contribution in [0.25, 0.3) is 28.1 Å². The molecule has 2 aromatic heterocycles. The molecule has 4 aromatic rings. The first-order valence-electron chi connectivity index (χ1n) is 9.66. The van der Waals surface area contributed by atoms with Crippen molar-refractivity contribution in [2.75, 3.05) is 11.4 Å². The molecule has 0 spiro atoms. The van der Waals surface area contributed by atoms with Crippen LogP contribution in [-0.2, 0) is 4.79 Å². The summed E-state index contributed by atoms with van der Waals surface area (Å²) in [6, 6.07) is 18.2. The molecule has 0 bridgehead atoms. The third kappa shape index (κ3) is 3.15. The molecule has 1 aliphatic rings. The summed E-state index contributed by atoms with van der Waals surface area (Å²) >= 11 is 5.98. The number of anilines is 1. The quantitative estimate of drug-likeness (QED) is 0.501. The standard InChI is InChI=1S/C23H17ClN4O2/c24-16-9-12-20(25-14-16)28-22(26-19-5-2-1-4-18(19)23(28)30)15-7-10-17(11-8-15)27-13-3-6-21(27)29/h1-2,4-5,7-12,14H,3,6,13H2. The highest BCUT2D eigenvalue weighted by atomic mass is 35.5. The lowest BCUT2D eigenvalue weighted by atomic mass is 10.1. The highest BCUT2D eigenvalue weighted by Gasteiger charge is 2.22. The Morgan fingerprint density at radius 1 is 0.933 bits per heavy atom. The van der Waals surface area contributed by atoms with Crippen LogP contribution < -0.4 is 10.5 Å². The summed E-state index contributed by atoms with van der Waals surface area (Å²) in [6.07, 6.45) is 2.95. The van der Waals surface area contributed by atoms with E-state index in [1.54, 1.807) is 23.1 Å². The van der Waals surface area contributed by atoms with Gasteiger partial charge in [0, 0.05) is 30.4 Å². The number of carbonyl (C=O) groups excluding carboxylic acids is 1. The number of aromatic nitrogens is 3. The fourth-order valence-corrected chi connectivity index (χ4v) is 3.86. The SMILES string of the molecule is O=C1CCCN1c1ccc(-c2nc3ccccc3c(=O)n2-c2ccc(Cl)cn2)cc1. The molecule has 148 valence electrons. The van der Waals surface area contributed by atoms with E-state index in [0.29, 0.717) is 34.0 Å². The Balaban J connectivity index is 1.69. The molecule has 1 amide bonds. The molecule has 3 heterocycles. The highest BCUT2D eigenvalue weighted by Crippen LogP contribution is 2.27. The molecule has 0 aliphatic carbocycles. The smallest absolute Gasteiger partial charge is 0.267 e. The molecule has 6 nitrogen and oxygen atoms in total. The number of pyridine rings is 1. The van der Waals surface area contributed by atoms with Gasteiger partial charge in [0.05, 0.1) is 15.9 Å². The lowest BCUT2D eigenvalue weighted by Crippen LogP contribution is -2.24. The second-order valence-electron chi connectivity index (χ2n) is 7.12. The first kappa shape index (κ1) is 18.5. The average molecular weight is 417 g/mol. The first-order chi connectivity index (χ1) is 14.6. The van der Waals surface area contributed by atoms with Gasteiger partial charge in [0.25, 0.3) is 5.56 Å². The first-order valence-corrected chi connectivity index (χ1v) is 10.0. The van der Waals surface area contributed by atoms with Crippen LogP contribution in [0.5, 0.6) is 0 Å². The Morgan fingerprint density at radius 2 is 1.73 bits per heavy atom. The number of benzene rings is 2. The molecule has 2 aromatic carbocycles. The van der Waals surface area contributed by atoms with E-state index in [-0.39, 0.29) is 11.5 Å². The van der Waals surface area contributed by atoms with E-state index < -0.39 is 0 Å². The van der Waals surface area contributed by atoms with Gasteiger partial charge in [-0.15, -0.1) is 0 Å². The van der Waals surface area contributed by atoms with E-state index in [4.69, 9.17) is 16.6 Å². The van der Waals surface area contributed by atoms with Crippen molar-refractivity contribution in [3.05, 3.63) is 82.2 Å². The second kappa shape index (κ2) is 7.39. The zero-order chi connectivity index (χ0) is 20.7. The van der Waals surface area contributed by atoms with Crippen molar-refractivity contribution in [2.45, 2.75) is 12.8 Å². The van der Waals surface area contributed by atoms with Crippen LogP contribution >= 0.6 is 11.6 Å². The van der Waals surface area contributed by atoms with Crippen LogP contribution in [0.15, 0.2) is 71.7 Å². The van der Waals surface area contributed by atoms with E-state index in [2.05, 4.69) is 4.98 Å². The molecule has 0 saturated carbocycles. The average Bonchev–Trinajstić information content (AvgIpc) is 3.20. The molecule has 1 aliphatic heterocycles. The molecule has 0 N–H and O–H groups in total. The molecule has 1 fully saturated rings. The van der Waals surface area contributed by atoms with Gasteiger partial charge in [0.15, 0.2) is 0 Å². The lowest BCUT2D eigenvalue weighted by Gasteiger charge is -2.17. The highest BCUT2D eigenvalue weighted by molar-refractivity contribution is 6.30. The van der Waals surface area contributed by atoms with Gasteiger partial charge in [-0.05, 0) is 55.0 Å². The topological polar surface area (TPSA) is 68.1 Å². The number of para-hydroxylation sites is 1. The summed E-state index contributed by atoms with van der Waals surface area (Å²) in [5.74, 6) is 1.05. The zero-order valence-electron chi connectivity index (χ0n) is 16.0. The third-order valence-corrected chi connectivity index (χ3v) is 5.45. The van der Waals surface area contributed by atoms with Crippen molar-refractivity contribution in [1.29, 1.82) is 0 Å². The van der Waals surface area contributed by atoms with Gasteiger partial charge in [0.1, 0.15) is 11.6 Å².